The van der Waals surface area contributed by atoms with Crippen LogP contribution in [0.1, 0.15) is 32.1 Å². The van der Waals surface area contributed by atoms with Crippen LogP contribution in [0.5, 0.6) is 0 Å². The molecule has 3 aromatic carbocycles. The van der Waals surface area contributed by atoms with E-state index < -0.39 is 5.82 Å². The number of halogens is 2. The van der Waals surface area contributed by atoms with E-state index in [4.69, 9.17) is 0 Å². The number of rotatable bonds is 1. The highest BCUT2D eigenvalue weighted by molar-refractivity contribution is 6.28. The zero-order valence-electron chi connectivity index (χ0n) is 15.7. The van der Waals surface area contributed by atoms with Crippen LogP contribution in [0.15, 0.2) is 60.7 Å². The van der Waals surface area contributed by atoms with Crippen LogP contribution in [0.25, 0.3) is 22.2 Å². The van der Waals surface area contributed by atoms with Gasteiger partial charge in [0, 0.05) is 11.1 Å². The Morgan fingerprint density at radius 3 is 2.00 bits per heavy atom. The van der Waals surface area contributed by atoms with Crippen LogP contribution in [0.3, 0.4) is 0 Å². The Bertz CT molecular complexity index is 1260. The van der Waals surface area contributed by atoms with Crippen molar-refractivity contribution < 1.29 is 42.5 Å². The van der Waals surface area contributed by atoms with Crippen molar-refractivity contribution in [2.45, 2.75) is 0 Å². The van der Waals surface area contributed by atoms with Crippen molar-refractivity contribution in [1.29, 1.82) is 0 Å². The highest BCUT2D eigenvalue weighted by atomic mass is 127. The second-order valence-corrected chi connectivity index (χ2v) is 7.02. The third kappa shape index (κ3) is 2.66. The molecule has 0 spiro atoms. The average Bonchev–Trinajstić information content (AvgIpc) is 2.96. The van der Waals surface area contributed by atoms with Gasteiger partial charge in [-0.05, 0) is 35.0 Å². The van der Waals surface area contributed by atoms with Gasteiger partial charge in [0.1, 0.15) is 5.82 Å². The van der Waals surface area contributed by atoms with E-state index in [1.54, 1.807) is 53.6 Å². The van der Waals surface area contributed by atoms with Crippen LogP contribution in [-0.2, 0) is 14.1 Å². The molecule has 6 heteroatoms. The van der Waals surface area contributed by atoms with Crippen LogP contribution < -0.4 is 28.5 Å². The van der Waals surface area contributed by atoms with Gasteiger partial charge in [-0.25, -0.2) is 13.5 Å². The molecule has 0 fully saturated rings. The second-order valence-electron chi connectivity index (χ2n) is 7.02. The number of carbonyl (C=O) groups is 2. The highest BCUT2D eigenvalue weighted by Crippen LogP contribution is 2.32. The van der Waals surface area contributed by atoms with E-state index in [0.29, 0.717) is 22.5 Å². The Labute approximate surface area is 183 Å². The number of fused-ring (bicyclic) bond motifs is 3. The van der Waals surface area contributed by atoms with Gasteiger partial charge in [-0.2, -0.15) is 0 Å². The predicted octanol–water partition coefficient (Wildman–Crippen LogP) is 0.588. The van der Waals surface area contributed by atoms with Crippen molar-refractivity contribution in [3.05, 3.63) is 89.0 Å². The molecule has 0 saturated carbocycles. The van der Waals surface area contributed by atoms with Crippen LogP contribution in [-0.4, -0.2) is 16.1 Å². The maximum atomic E-state index is 14.4. The largest absolute Gasteiger partial charge is 1.00 e. The van der Waals surface area contributed by atoms with Gasteiger partial charge in [0.25, 0.3) is 5.82 Å². The first-order chi connectivity index (χ1) is 13.5. The molecule has 29 heavy (non-hydrogen) atoms. The lowest BCUT2D eigenvalue weighted by molar-refractivity contribution is -0.661. The van der Waals surface area contributed by atoms with Crippen molar-refractivity contribution in [3.8, 4) is 11.4 Å². The number of nitrogens with zero attached hydrogens (tertiary/aromatic N) is 2. The summed E-state index contributed by atoms with van der Waals surface area (Å²) in [7, 11) is 3.38. The van der Waals surface area contributed by atoms with Crippen molar-refractivity contribution in [2.24, 2.45) is 14.1 Å². The molecule has 5 rings (SSSR count). The van der Waals surface area contributed by atoms with E-state index in [1.807, 2.05) is 24.3 Å². The Hall–Kier alpha value is -2.87. The number of ketones is 2. The van der Waals surface area contributed by atoms with Crippen LogP contribution in [0.2, 0.25) is 0 Å². The predicted molar refractivity (Wildman–Crippen MR) is 103 cm³/mol. The third-order valence-corrected chi connectivity index (χ3v) is 5.45. The number of carbonyl (C=O) groups excluding carboxylic acids is 2. The average molecular weight is 498 g/mol. The molecule has 0 atom stereocenters. The minimum Gasteiger partial charge on any atom is -1.00 e. The summed E-state index contributed by atoms with van der Waals surface area (Å²) in [5.41, 5.74) is 1.69. The van der Waals surface area contributed by atoms with Gasteiger partial charge in [-0.1, -0.05) is 36.4 Å². The minimum atomic E-state index is -0.404. The Morgan fingerprint density at radius 2 is 1.38 bits per heavy atom. The van der Waals surface area contributed by atoms with E-state index in [0.717, 1.165) is 10.8 Å². The number of hydrogen-bond donors (Lipinski definition) is 0. The first-order valence-corrected chi connectivity index (χ1v) is 8.95. The quantitative estimate of drug-likeness (QED) is 0.251. The zero-order valence-corrected chi connectivity index (χ0v) is 17.9. The molecule has 144 valence electrons. The Morgan fingerprint density at radius 1 is 0.828 bits per heavy atom. The fourth-order valence-corrected chi connectivity index (χ4v) is 4.15. The molecule has 0 saturated heterocycles. The summed E-state index contributed by atoms with van der Waals surface area (Å²) < 4.78 is 17.7. The summed E-state index contributed by atoms with van der Waals surface area (Å²) in [5.74, 6) is -0.381. The number of imidazole rings is 1. The fraction of sp³-hybridized carbons (Fsp3) is 0.0870. The van der Waals surface area contributed by atoms with E-state index in [9.17, 15) is 14.0 Å². The van der Waals surface area contributed by atoms with Gasteiger partial charge in [0.05, 0.1) is 19.7 Å². The van der Waals surface area contributed by atoms with Gasteiger partial charge in [0.15, 0.2) is 0 Å². The van der Waals surface area contributed by atoms with Crippen LogP contribution in [0.4, 0.5) is 4.39 Å². The normalized spacial score (nSPS) is 12.5. The molecule has 4 aromatic rings. The van der Waals surface area contributed by atoms with E-state index in [-0.39, 0.29) is 46.9 Å². The van der Waals surface area contributed by atoms with Gasteiger partial charge >= 0.3 is 0 Å². The monoisotopic (exact) mass is 498 g/mol. The minimum absolute atomic E-state index is 0. The third-order valence-electron chi connectivity index (χ3n) is 5.45. The SMILES string of the molecule is Cn1c2c([n+](C)c1-c1ccccc1F)C(=O)c1cc3ccccc3cc1C2=O.[I-]. The highest BCUT2D eigenvalue weighted by Gasteiger charge is 2.43. The molecular formula is C23H16FIN2O2. The molecule has 0 radical (unpaired) electrons. The van der Waals surface area contributed by atoms with Crippen molar-refractivity contribution in [1.82, 2.24) is 4.57 Å². The molecule has 1 aromatic heterocycles. The van der Waals surface area contributed by atoms with Crippen molar-refractivity contribution in [2.75, 3.05) is 0 Å². The van der Waals surface area contributed by atoms with E-state index in [1.165, 1.54) is 6.07 Å². The summed E-state index contributed by atoms with van der Waals surface area (Å²) in [5, 5.41) is 1.80. The van der Waals surface area contributed by atoms with Gasteiger partial charge in [-0.3, -0.25) is 9.59 Å². The molecule has 1 aliphatic carbocycles. The first kappa shape index (κ1) is 19.4. The molecule has 0 bridgehead atoms. The lowest BCUT2D eigenvalue weighted by Crippen LogP contribution is -3.00. The summed E-state index contributed by atoms with van der Waals surface area (Å²) in [6.07, 6.45) is 0. The molecule has 0 unspecified atom stereocenters. The standard InChI is InChI=1S/C23H16FN2O2.HI/c1-25-19-20(26(2)23(25)15-9-5-6-10-18(15)24)22(28)17-12-14-8-4-3-7-13(14)11-16(17)21(19)27;/h3-12H,1-2H3;1H/q+1;/p-1. The molecule has 1 aliphatic rings. The van der Waals surface area contributed by atoms with Crippen LogP contribution >= 0.6 is 0 Å². The molecule has 0 amide bonds. The number of hydrogen-bond acceptors (Lipinski definition) is 2. The zero-order chi connectivity index (χ0) is 19.6. The molecule has 0 aliphatic heterocycles. The molecule has 4 nitrogen and oxygen atoms in total. The first-order valence-electron chi connectivity index (χ1n) is 8.95. The van der Waals surface area contributed by atoms with Gasteiger partial charge in [-0.15, -0.1) is 0 Å². The molecular weight excluding hydrogens is 482 g/mol. The number of aromatic nitrogens is 2. The van der Waals surface area contributed by atoms with Crippen molar-refractivity contribution >= 4 is 22.3 Å². The summed E-state index contributed by atoms with van der Waals surface area (Å²) in [6.45, 7) is 0. The smallest absolute Gasteiger partial charge is 0.292 e. The van der Waals surface area contributed by atoms with E-state index >= 15 is 0 Å². The fourth-order valence-electron chi connectivity index (χ4n) is 4.15. The Balaban J connectivity index is 0.00000205. The maximum Gasteiger partial charge on any atom is 0.292 e. The topological polar surface area (TPSA) is 43.0 Å². The summed E-state index contributed by atoms with van der Waals surface area (Å²) >= 11 is 0. The van der Waals surface area contributed by atoms with Crippen molar-refractivity contribution in [3.63, 3.8) is 0 Å². The summed E-state index contributed by atoms with van der Waals surface area (Å²) in [4.78, 5) is 26.6. The number of benzene rings is 3. The van der Waals surface area contributed by atoms with Gasteiger partial charge < -0.3 is 24.0 Å². The maximum absolute atomic E-state index is 14.4. The summed E-state index contributed by atoms with van der Waals surface area (Å²) in [6, 6.07) is 17.5. The van der Waals surface area contributed by atoms with E-state index in [2.05, 4.69) is 0 Å². The molecule has 1 heterocycles. The Kier molecular flexibility index (Phi) is 4.61. The van der Waals surface area contributed by atoms with Gasteiger partial charge in [0.2, 0.25) is 23.0 Å². The second kappa shape index (κ2) is 6.88. The lowest BCUT2D eigenvalue weighted by atomic mass is 9.87. The van der Waals surface area contributed by atoms with Crippen LogP contribution in [0, 0.1) is 5.82 Å². The lowest BCUT2D eigenvalue weighted by Gasteiger charge is -2.13. The molecule has 0 N–H and O–H groups in total.